The van der Waals surface area contributed by atoms with Gasteiger partial charge in [-0.2, -0.15) is 0 Å². The highest BCUT2D eigenvalue weighted by Crippen LogP contribution is 2.48. The molecule has 18 heavy (non-hydrogen) atoms. The van der Waals surface area contributed by atoms with Crippen molar-refractivity contribution in [2.75, 3.05) is 5.32 Å². The van der Waals surface area contributed by atoms with Crippen molar-refractivity contribution in [1.29, 1.82) is 0 Å². The Morgan fingerprint density at radius 3 is 2.83 bits per heavy atom. The summed E-state index contributed by atoms with van der Waals surface area (Å²) in [6.45, 7) is 0. The van der Waals surface area contributed by atoms with Crippen LogP contribution in [0, 0.1) is 17.8 Å². The van der Waals surface area contributed by atoms with E-state index in [1.54, 1.807) is 12.1 Å². The second kappa shape index (κ2) is 4.47. The van der Waals surface area contributed by atoms with E-state index < -0.39 is 0 Å². The van der Waals surface area contributed by atoms with Crippen LogP contribution in [-0.4, -0.2) is 11.0 Å². The van der Waals surface area contributed by atoms with Crippen LogP contribution < -0.4 is 5.32 Å². The van der Waals surface area contributed by atoms with E-state index in [1.165, 1.54) is 25.3 Å². The molecule has 0 aromatic heterocycles. The zero-order valence-electron chi connectivity index (χ0n) is 10.0. The van der Waals surface area contributed by atoms with Gasteiger partial charge in [0.15, 0.2) is 0 Å². The first kappa shape index (κ1) is 11.8. The summed E-state index contributed by atoms with van der Waals surface area (Å²) in [6.07, 6.45) is 4.64. The van der Waals surface area contributed by atoms with Gasteiger partial charge in [-0.25, -0.2) is 0 Å². The van der Waals surface area contributed by atoms with Gasteiger partial charge in [0.1, 0.15) is 5.75 Å². The molecule has 0 spiro atoms. The van der Waals surface area contributed by atoms with Crippen LogP contribution in [0.2, 0.25) is 5.02 Å². The Morgan fingerprint density at radius 1 is 1.33 bits per heavy atom. The van der Waals surface area contributed by atoms with E-state index in [0.717, 1.165) is 12.3 Å². The number of carbonyl (C=O) groups excluding carboxylic acids is 1. The van der Waals surface area contributed by atoms with Crippen LogP contribution in [0.5, 0.6) is 5.75 Å². The summed E-state index contributed by atoms with van der Waals surface area (Å²) in [6, 6.07) is 4.69. The Bertz CT molecular complexity index is 489. The predicted octanol–water partition coefficient (Wildman–Crippen LogP) is 3.42. The van der Waals surface area contributed by atoms with Crippen molar-refractivity contribution in [3.63, 3.8) is 0 Å². The summed E-state index contributed by atoms with van der Waals surface area (Å²) in [5.74, 6) is 1.48. The first-order valence-electron chi connectivity index (χ1n) is 6.43. The zero-order chi connectivity index (χ0) is 12.7. The number of nitrogens with one attached hydrogen (secondary N) is 1. The van der Waals surface area contributed by atoms with Gasteiger partial charge < -0.3 is 10.4 Å². The number of rotatable bonds is 2. The fraction of sp³-hybridized carbons (Fsp3) is 0.500. The molecule has 3 nitrogen and oxygen atoms in total. The van der Waals surface area contributed by atoms with Crippen molar-refractivity contribution in [1.82, 2.24) is 0 Å². The van der Waals surface area contributed by atoms with Crippen molar-refractivity contribution < 1.29 is 9.90 Å². The number of hydrogen-bond acceptors (Lipinski definition) is 2. The number of phenolic OH excluding ortho intramolecular Hbond substituents is 1. The zero-order valence-corrected chi connectivity index (χ0v) is 10.8. The van der Waals surface area contributed by atoms with Gasteiger partial charge in [-0.15, -0.1) is 0 Å². The van der Waals surface area contributed by atoms with E-state index in [2.05, 4.69) is 5.32 Å². The molecule has 0 aliphatic heterocycles. The minimum atomic E-state index is 0.0276. The minimum Gasteiger partial charge on any atom is -0.506 e. The lowest BCUT2D eigenvalue weighted by molar-refractivity contribution is -0.121. The highest BCUT2D eigenvalue weighted by atomic mass is 35.5. The molecule has 0 heterocycles. The maximum atomic E-state index is 12.2. The maximum Gasteiger partial charge on any atom is 0.227 e. The molecule has 1 aromatic carbocycles. The number of halogens is 1. The normalized spacial score (nSPS) is 29.5. The molecule has 4 heteroatoms. The van der Waals surface area contributed by atoms with Gasteiger partial charge in [0.05, 0.1) is 5.69 Å². The third kappa shape index (κ3) is 2.07. The minimum absolute atomic E-state index is 0.0276. The average molecular weight is 266 g/mol. The number of phenols is 1. The predicted molar refractivity (Wildman–Crippen MR) is 70.7 cm³/mol. The van der Waals surface area contributed by atoms with Gasteiger partial charge in [0.25, 0.3) is 0 Å². The molecule has 96 valence electrons. The molecular weight excluding hydrogens is 250 g/mol. The van der Waals surface area contributed by atoms with E-state index in [4.69, 9.17) is 11.6 Å². The molecule has 3 unspecified atom stereocenters. The second-order valence-electron chi connectivity index (χ2n) is 5.43. The van der Waals surface area contributed by atoms with Crippen molar-refractivity contribution in [2.45, 2.75) is 25.7 Å². The molecule has 2 aliphatic rings. The molecule has 2 fully saturated rings. The first-order valence-corrected chi connectivity index (χ1v) is 6.80. The summed E-state index contributed by atoms with van der Waals surface area (Å²) in [5, 5.41) is 13.0. The van der Waals surface area contributed by atoms with Gasteiger partial charge in [-0.3, -0.25) is 4.79 Å². The van der Waals surface area contributed by atoms with Crippen LogP contribution in [0.1, 0.15) is 25.7 Å². The fourth-order valence-electron chi connectivity index (χ4n) is 3.40. The molecule has 2 bridgehead atoms. The third-order valence-corrected chi connectivity index (χ3v) is 4.53. The highest BCUT2D eigenvalue weighted by Gasteiger charge is 2.43. The smallest absolute Gasteiger partial charge is 0.227 e. The monoisotopic (exact) mass is 265 g/mol. The topological polar surface area (TPSA) is 49.3 Å². The number of hydrogen-bond donors (Lipinski definition) is 2. The van der Waals surface area contributed by atoms with E-state index in [0.29, 0.717) is 16.6 Å². The number of fused-ring (bicyclic) bond motifs is 2. The largest absolute Gasteiger partial charge is 0.506 e. The summed E-state index contributed by atoms with van der Waals surface area (Å²) in [4.78, 5) is 12.2. The number of amides is 1. The SMILES string of the molecule is O=C(Nc1cc(Cl)ccc1O)C1CC2CCC1C2. The van der Waals surface area contributed by atoms with Crippen LogP contribution in [0.15, 0.2) is 18.2 Å². The van der Waals surface area contributed by atoms with E-state index in [1.807, 2.05) is 0 Å². The number of aromatic hydroxyl groups is 1. The summed E-state index contributed by atoms with van der Waals surface area (Å²) < 4.78 is 0. The summed E-state index contributed by atoms with van der Waals surface area (Å²) in [7, 11) is 0. The second-order valence-corrected chi connectivity index (χ2v) is 5.87. The lowest BCUT2D eigenvalue weighted by Gasteiger charge is -2.21. The molecular formula is C14H16ClNO2. The molecule has 1 amide bonds. The van der Waals surface area contributed by atoms with Crippen LogP contribution in [0.25, 0.3) is 0 Å². The van der Waals surface area contributed by atoms with Crippen LogP contribution in [0.3, 0.4) is 0 Å². The number of carbonyl (C=O) groups is 1. The van der Waals surface area contributed by atoms with Gasteiger partial charge in [0, 0.05) is 10.9 Å². The number of benzene rings is 1. The highest BCUT2D eigenvalue weighted by molar-refractivity contribution is 6.31. The van der Waals surface area contributed by atoms with Gasteiger partial charge in [-0.05, 0) is 49.3 Å². The standard InChI is InChI=1S/C14H16ClNO2/c15-10-3-4-13(17)12(7-10)16-14(18)11-6-8-1-2-9(11)5-8/h3-4,7-9,11,17H,1-2,5-6H2,(H,16,18). The lowest BCUT2D eigenvalue weighted by Crippen LogP contribution is -2.27. The average Bonchev–Trinajstić information content (AvgIpc) is 2.96. The molecule has 3 atom stereocenters. The van der Waals surface area contributed by atoms with Crippen LogP contribution >= 0.6 is 11.6 Å². The molecule has 2 aliphatic carbocycles. The molecule has 2 saturated carbocycles. The molecule has 3 rings (SSSR count). The third-order valence-electron chi connectivity index (χ3n) is 4.29. The first-order chi connectivity index (χ1) is 8.63. The molecule has 0 radical (unpaired) electrons. The molecule has 2 N–H and O–H groups in total. The Kier molecular flexibility index (Phi) is 2.94. The Balaban J connectivity index is 1.72. The maximum absolute atomic E-state index is 12.2. The Morgan fingerprint density at radius 2 is 2.17 bits per heavy atom. The fourth-order valence-corrected chi connectivity index (χ4v) is 3.57. The van der Waals surface area contributed by atoms with Crippen LogP contribution in [0.4, 0.5) is 5.69 Å². The van der Waals surface area contributed by atoms with Crippen molar-refractivity contribution in [3.05, 3.63) is 23.2 Å². The van der Waals surface area contributed by atoms with Gasteiger partial charge in [0.2, 0.25) is 5.91 Å². The van der Waals surface area contributed by atoms with Crippen LogP contribution in [-0.2, 0) is 4.79 Å². The molecule has 0 saturated heterocycles. The van der Waals surface area contributed by atoms with Crippen molar-refractivity contribution >= 4 is 23.2 Å². The van der Waals surface area contributed by atoms with E-state index in [9.17, 15) is 9.90 Å². The molecule has 1 aromatic rings. The summed E-state index contributed by atoms with van der Waals surface area (Å²) >= 11 is 5.86. The Labute approximate surface area is 111 Å². The lowest BCUT2D eigenvalue weighted by atomic mass is 9.88. The van der Waals surface area contributed by atoms with Gasteiger partial charge >= 0.3 is 0 Å². The van der Waals surface area contributed by atoms with E-state index >= 15 is 0 Å². The van der Waals surface area contributed by atoms with Gasteiger partial charge in [-0.1, -0.05) is 18.0 Å². The van der Waals surface area contributed by atoms with Crippen molar-refractivity contribution in [3.8, 4) is 5.75 Å². The van der Waals surface area contributed by atoms with Crippen molar-refractivity contribution in [2.24, 2.45) is 17.8 Å². The summed E-state index contributed by atoms with van der Waals surface area (Å²) in [5.41, 5.74) is 0.412. The number of anilines is 1. The van der Waals surface area contributed by atoms with E-state index in [-0.39, 0.29) is 17.6 Å². The Hall–Kier alpha value is -1.22. The quantitative estimate of drug-likeness (QED) is 0.805.